The van der Waals surface area contributed by atoms with Gasteiger partial charge < -0.3 is 9.80 Å². The monoisotopic (exact) mass is 313 g/mol. The van der Waals surface area contributed by atoms with Gasteiger partial charge in [-0.2, -0.15) is 10.6 Å². The van der Waals surface area contributed by atoms with Gasteiger partial charge in [0.15, 0.2) is 5.82 Å². The molecule has 1 amide bonds. The molecule has 2 aliphatic rings. The number of nitrogens with zero attached hydrogens (tertiary/aromatic N) is 4. The molecule has 2 fully saturated rings. The fourth-order valence-electron chi connectivity index (χ4n) is 3.10. The van der Waals surface area contributed by atoms with Crippen molar-refractivity contribution in [2.24, 2.45) is 0 Å². The summed E-state index contributed by atoms with van der Waals surface area (Å²) in [5.41, 5.74) is 8.61. The largest absolute Gasteiger partial charge is 0.351 e. The number of hydrogen-bond donors (Lipinski definition) is 3. The van der Waals surface area contributed by atoms with Crippen LogP contribution in [-0.4, -0.2) is 59.8 Å². The van der Waals surface area contributed by atoms with Crippen molar-refractivity contribution < 1.29 is 4.79 Å². The number of hydrazine groups is 2. The number of benzene rings is 1. The molecule has 23 heavy (non-hydrogen) atoms. The van der Waals surface area contributed by atoms with E-state index < -0.39 is 0 Å². The van der Waals surface area contributed by atoms with Gasteiger partial charge in [0.1, 0.15) is 6.04 Å². The van der Waals surface area contributed by atoms with E-state index in [9.17, 15) is 4.79 Å². The van der Waals surface area contributed by atoms with Gasteiger partial charge in [-0.1, -0.05) is 24.3 Å². The zero-order valence-electron chi connectivity index (χ0n) is 12.7. The minimum atomic E-state index is -0.195. The highest BCUT2D eigenvalue weighted by Crippen LogP contribution is 2.24. The number of amides is 1. The third-order valence-electron chi connectivity index (χ3n) is 4.38. The van der Waals surface area contributed by atoms with Crippen molar-refractivity contribution in [2.45, 2.75) is 6.04 Å². The molecule has 1 unspecified atom stereocenters. The van der Waals surface area contributed by atoms with Crippen molar-refractivity contribution in [3.05, 3.63) is 30.5 Å². The van der Waals surface area contributed by atoms with E-state index in [1.165, 1.54) is 0 Å². The Balaban J connectivity index is 1.47. The zero-order valence-corrected chi connectivity index (χ0v) is 12.7. The Bertz CT molecular complexity index is 703. The molecule has 0 saturated carbocycles. The molecular weight excluding hydrogens is 294 g/mol. The Kier molecular flexibility index (Phi) is 3.78. The molecule has 1 aromatic heterocycles. The Morgan fingerprint density at radius 1 is 1.17 bits per heavy atom. The van der Waals surface area contributed by atoms with Crippen LogP contribution in [0.1, 0.15) is 0 Å². The number of nitrogens with one attached hydrogen (secondary N) is 3. The van der Waals surface area contributed by atoms with Gasteiger partial charge in [-0.3, -0.25) is 4.79 Å². The summed E-state index contributed by atoms with van der Waals surface area (Å²) in [5.74, 6) is 1.03. The summed E-state index contributed by atoms with van der Waals surface area (Å²) in [6.07, 6.45) is 1.78. The van der Waals surface area contributed by atoms with Crippen LogP contribution in [0.15, 0.2) is 30.5 Å². The molecule has 3 heterocycles. The summed E-state index contributed by atoms with van der Waals surface area (Å²) < 4.78 is 0. The van der Waals surface area contributed by atoms with Crippen molar-refractivity contribution >= 4 is 22.5 Å². The van der Waals surface area contributed by atoms with Crippen LogP contribution in [-0.2, 0) is 4.79 Å². The van der Waals surface area contributed by atoms with Gasteiger partial charge in [-0.05, 0) is 0 Å². The molecule has 4 rings (SSSR count). The lowest BCUT2D eigenvalue weighted by atomic mass is 10.1. The van der Waals surface area contributed by atoms with E-state index in [-0.39, 0.29) is 11.9 Å². The van der Waals surface area contributed by atoms with Crippen LogP contribution in [0, 0.1) is 0 Å². The maximum atomic E-state index is 12.4. The summed E-state index contributed by atoms with van der Waals surface area (Å²) >= 11 is 0. The minimum Gasteiger partial charge on any atom is -0.351 e. The number of anilines is 1. The number of hydrogen-bond acceptors (Lipinski definition) is 7. The molecule has 2 aliphatic heterocycles. The molecular formula is C15H19N7O. The zero-order chi connectivity index (χ0) is 15.6. The Labute approximate surface area is 133 Å². The van der Waals surface area contributed by atoms with E-state index >= 15 is 0 Å². The second-order valence-corrected chi connectivity index (χ2v) is 5.77. The first-order chi connectivity index (χ1) is 11.3. The molecule has 2 saturated heterocycles. The molecule has 120 valence electrons. The molecule has 8 heteroatoms. The second-order valence-electron chi connectivity index (χ2n) is 5.77. The lowest BCUT2D eigenvalue weighted by Crippen LogP contribution is -2.54. The summed E-state index contributed by atoms with van der Waals surface area (Å²) in [6.45, 7) is 3.53. The van der Waals surface area contributed by atoms with Crippen molar-refractivity contribution in [1.29, 1.82) is 0 Å². The first-order valence-corrected chi connectivity index (χ1v) is 7.80. The van der Waals surface area contributed by atoms with Crippen LogP contribution >= 0.6 is 0 Å². The van der Waals surface area contributed by atoms with Gasteiger partial charge in [-0.25, -0.2) is 10.9 Å². The number of piperazine rings is 1. The van der Waals surface area contributed by atoms with Crippen LogP contribution in [0.25, 0.3) is 10.8 Å². The smallest absolute Gasteiger partial charge is 0.242 e. The van der Waals surface area contributed by atoms with Gasteiger partial charge in [0.05, 0.1) is 6.20 Å². The van der Waals surface area contributed by atoms with Crippen LogP contribution < -0.4 is 21.3 Å². The average Bonchev–Trinajstić information content (AvgIpc) is 3.15. The molecule has 0 radical (unpaired) electrons. The summed E-state index contributed by atoms with van der Waals surface area (Å²) in [7, 11) is 0. The SMILES string of the molecule is O=C(C1CNNN1)N1CCN(c2nncc3ccccc23)CC1. The molecule has 1 aromatic carbocycles. The standard InChI is InChI=1S/C15H19N7O/c23-15(13-10-17-20-18-13)22-7-5-21(6-8-22)14-12-4-2-1-3-11(12)9-16-19-14/h1-4,9,13,17-18,20H,5-8,10H2. The van der Waals surface area contributed by atoms with Crippen molar-refractivity contribution in [1.82, 2.24) is 31.5 Å². The Morgan fingerprint density at radius 2 is 2.00 bits per heavy atom. The highest BCUT2D eigenvalue weighted by atomic mass is 16.2. The number of aromatic nitrogens is 2. The van der Waals surface area contributed by atoms with Crippen molar-refractivity contribution in [2.75, 3.05) is 37.6 Å². The first kappa shape index (κ1) is 14.3. The van der Waals surface area contributed by atoms with Gasteiger partial charge in [0.2, 0.25) is 5.91 Å². The third-order valence-corrected chi connectivity index (χ3v) is 4.38. The number of carbonyl (C=O) groups is 1. The van der Waals surface area contributed by atoms with E-state index in [4.69, 9.17) is 0 Å². The summed E-state index contributed by atoms with van der Waals surface area (Å²) in [5, 5.41) is 10.6. The van der Waals surface area contributed by atoms with Gasteiger partial charge in [0, 0.05) is 43.5 Å². The van der Waals surface area contributed by atoms with E-state index in [1.807, 2.05) is 23.1 Å². The molecule has 0 bridgehead atoms. The maximum Gasteiger partial charge on any atom is 0.242 e. The van der Waals surface area contributed by atoms with E-state index in [2.05, 4.69) is 37.6 Å². The first-order valence-electron chi connectivity index (χ1n) is 7.80. The quantitative estimate of drug-likeness (QED) is 0.673. The fourth-order valence-corrected chi connectivity index (χ4v) is 3.10. The van der Waals surface area contributed by atoms with E-state index in [1.54, 1.807) is 6.20 Å². The van der Waals surface area contributed by atoms with Crippen molar-refractivity contribution in [3.63, 3.8) is 0 Å². The van der Waals surface area contributed by atoms with Gasteiger partial charge in [-0.15, -0.1) is 5.10 Å². The number of carbonyl (C=O) groups excluding carboxylic acids is 1. The minimum absolute atomic E-state index is 0.131. The van der Waals surface area contributed by atoms with Crippen LogP contribution in [0.4, 0.5) is 5.82 Å². The molecule has 8 nitrogen and oxygen atoms in total. The third kappa shape index (κ3) is 2.72. The van der Waals surface area contributed by atoms with Gasteiger partial charge >= 0.3 is 0 Å². The maximum absolute atomic E-state index is 12.4. The van der Waals surface area contributed by atoms with Crippen LogP contribution in [0.2, 0.25) is 0 Å². The lowest BCUT2D eigenvalue weighted by molar-refractivity contribution is -0.133. The topological polar surface area (TPSA) is 85.4 Å². The predicted octanol–water partition coefficient (Wildman–Crippen LogP) is -0.741. The fraction of sp³-hybridized carbons (Fsp3) is 0.400. The lowest BCUT2D eigenvalue weighted by Gasteiger charge is -2.36. The average molecular weight is 313 g/mol. The Morgan fingerprint density at radius 3 is 2.78 bits per heavy atom. The van der Waals surface area contributed by atoms with Crippen LogP contribution in [0.3, 0.4) is 0 Å². The predicted molar refractivity (Wildman–Crippen MR) is 86.4 cm³/mol. The summed E-state index contributed by atoms with van der Waals surface area (Å²) in [6, 6.07) is 7.93. The summed E-state index contributed by atoms with van der Waals surface area (Å²) in [4.78, 5) is 16.5. The molecule has 3 N–H and O–H groups in total. The number of rotatable bonds is 2. The Hall–Kier alpha value is -2.29. The molecule has 2 aromatic rings. The van der Waals surface area contributed by atoms with Crippen LogP contribution in [0.5, 0.6) is 0 Å². The van der Waals surface area contributed by atoms with Gasteiger partial charge in [0.25, 0.3) is 0 Å². The second kappa shape index (κ2) is 6.07. The highest BCUT2D eigenvalue weighted by Gasteiger charge is 2.29. The van der Waals surface area contributed by atoms with Crippen molar-refractivity contribution in [3.8, 4) is 0 Å². The highest BCUT2D eigenvalue weighted by molar-refractivity contribution is 5.91. The molecule has 0 spiro atoms. The molecule has 1 atom stereocenters. The van der Waals surface area contributed by atoms with E-state index in [0.29, 0.717) is 19.6 Å². The normalized spacial score (nSPS) is 21.8. The molecule has 0 aliphatic carbocycles. The number of fused-ring (bicyclic) bond motifs is 1. The van der Waals surface area contributed by atoms with E-state index in [0.717, 1.165) is 29.7 Å².